The Morgan fingerprint density at radius 1 is 1.00 bits per heavy atom. The number of ether oxygens (including phenoxy) is 1. The summed E-state index contributed by atoms with van der Waals surface area (Å²) in [6.45, 7) is 6.00. The monoisotopic (exact) mass is 146 g/mol. The van der Waals surface area contributed by atoms with Gasteiger partial charge in [-0.05, 0) is 0 Å². The molecule has 0 unspecified atom stereocenters. The molecule has 11 heavy (non-hydrogen) atoms. The second-order valence-electron chi connectivity index (χ2n) is 0.602. The topological polar surface area (TPSA) is 89.5 Å². The van der Waals surface area contributed by atoms with Crippen molar-refractivity contribution in [3.63, 3.8) is 0 Å². The maximum atomic E-state index is 9.06. The van der Waals surface area contributed by atoms with Crippen LogP contribution in [0, 0.1) is 0 Å². The summed E-state index contributed by atoms with van der Waals surface area (Å²) in [4.78, 5) is 18.1. The van der Waals surface area contributed by atoms with E-state index in [-0.39, 0.29) is 37.7 Å². The van der Waals surface area contributed by atoms with E-state index in [9.17, 15) is 0 Å². The van der Waals surface area contributed by atoms with E-state index < -0.39 is 12.3 Å². The van der Waals surface area contributed by atoms with Crippen LogP contribution in [0.15, 0.2) is 13.2 Å². The summed E-state index contributed by atoms with van der Waals surface area (Å²) in [6, 6.07) is 0. The molecule has 0 N–H and O–H groups in total. The van der Waals surface area contributed by atoms with E-state index in [0.29, 0.717) is 0 Å². The number of carbonyl (C=O) groups excluding carboxylic acids is 2. The van der Waals surface area contributed by atoms with Crippen molar-refractivity contribution < 1.29 is 62.3 Å². The molecule has 52 valence electrons. The molecule has 0 bridgehead atoms. The maximum Gasteiger partial charge on any atom is 1.00 e. The second kappa shape index (κ2) is 16.3. The Kier molecular flexibility index (Phi) is 33.3. The standard InChI is InChI=1S/C2H2O5.C2H4.2Li/c3-1(4)7-2(5)6;1-2;;/h(H,3,4)(H,5,6);1-2H2;;/q;;2*+1/p-2. The van der Waals surface area contributed by atoms with Crippen molar-refractivity contribution in [1.82, 2.24) is 0 Å². The Hall–Kier alpha value is -0.325. The van der Waals surface area contributed by atoms with Crippen molar-refractivity contribution in [2.75, 3.05) is 0 Å². The molecular weight excluding hydrogens is 142 g/mol. The van der Waals surface area contributed by atoms with Gasteiger partial charge in [0.25, 0.3) is 12.3 Å². The van der Waals surface area contributed by atoms with E-state index in [2.05, 4.69) is 17.9 Å². The van der Waals surface area contributed by atoms with E-state index in [0.717, 1.165) is 0 Å². The van der Waals surface area contributed by atoms with Gasteiger partial charge < -0.3 is 24.5 Å². The summed E-state index contributed by atoms with van der Waals surface area (Å²) < 4.78 is 2.86. The van der Waals surface area contributed by atoms with Crippen LogP contribution in [0.1, 0.15) is 0 Å². The third-order valence-electron chi connectivity index (χ3n) is 0.167. The summed E-state index contributed by atoms with van der Waals surface area (Å²) >= 11 is 0. The molecule has 0 aliphatic rings. The van der Waals surface area contributed by atoms with Gasteiger partial charge in [-0.15, -0.1) is 13.2 Å². The van der Waals surface area contributed by atoms with Gasteiger partial charge in [-0.3, -0.25) is 0 Å². The van der Waals surface area contributed by atoms with Crippen molar-refractivity contribution in [1.29, 1.82) is 0 Å². The number of hydrogen-bond acceptors (Lipinski definition) is 5. The number of carboxylic acid groups (broad SMARTS) is 2. The second-order valence-corrected chi connectivity index (χ2v) is 0.602. The molecule has 0 saturated carbocycles. The van der Waals surface area contributed by atoms with E-state index >= 15 is 0 Å². The Balaban J connectivity index is -0.0000000564. The molecule has 5 nitrogen and oxygen atoms in total. The van der Waals surface area contributed by atoms with Gasteiger partial charge in [-0.2, -0.15) is 0 Å². The molecule has 0 saturated heterocycles. The van der Waals surface area contributed by atoms with E-state index in [1.54, 1.807) is 0 Å². The minimum absolute atomic E-state index is 0. The fourth-order valence-corrected chi connectivity index (χ4v) is 0.0680. The number of carbonyl (C=O) groups is 2. The molecule has 0 fully saturated rings. The summed E-state index contributed by atoms with van der Waals surface area (Å²) in [7, 11) is 0. The van der Waals surface area contributed by atoms with Crippen molar-refractivity contribution >= 4 is 12.3 Å². The normalized spacial score (nSPS) is 5.09. The van der Waals surface area contributed by atoms with Crippen LogP contribution in [0.4, 0.5) is 9.59 Å². The van der Waals surface area contributed by atoms with Gasteiger partial charge in [0.15, 0.2) is 0 Å². The average Bonchev–Trinajstić information content (AvgIpc) is 1.68. The zero-order valence-electron chi connectivity index (χ0n) is 6.46. The van der Waals surface area contributed by atoms with E-state index in [4.69, 9.17) is 19.8 Å². The first-order valence-electron chi connectivity index (χ1n) is 1.72. The third-order valence-corrected chi connectivity index (χ3v) is 0.167. The summed E-state index contributed by atoms with van der Waals surface area (Å²) in [5.74, 6) is 0. The quantitative estimate of drug-likeness (QED) is 0.146. The van der Waals surface area contributed by atoms with E-state index in [1.807, 2.05) is 0 Å². The maximum absolute atomic E-state index is 9.06. The van der Waals surface area contributed by atoms with Crippen molar-refractivity contribution in [2.45, 2.75) is 0 Å². The van der Waals surface area contributed by atoms with Gasteiger partial charge in [0, 0.05) is 0 Å². The van der Waals surface area contributed by atoms with Crippen LogP contribution in [-0.4, -0.2) is 12.3 Å². The van der Waals surface area contributed by atoms with Crippen molar-refractivity contribution in [3.8, 4) is 0 Å². The van der Waals surface area contributed by atoms with Crippen LogP contribution in [0.25, 0.3) is 0 Å². The van der Waals surface area contributed by atoms with Crippen LogP contribution in [-0.2, 0) is 4.74 Å². The number of rotatable bonds is 0. The minimum atomic E-state index is -2.12. The molecule has 0 aromatic carbocycles. The van der Waals surface area contributed by atoms with Gasteiger partial charge in [0.05, 0.1) is 0 Å². The van der Waals surface area contributed by atoms with Crippen LogP contribution in [0.3, 0.4) is 0 Å². The molecule has 0 radical (unpaired) electrons. The van der Waals surface area contributed by atoms with Crippen LogP contribution >= 0.6 is 0 Å². The predicted molar refractivity (Wildman–Crippen MR) is 23.1 cm³/mol. The molecular formula is C4H4Li2O5. The number of hydrogen-bond donors (Lipinski definition) is 0. The molecule has 7 heteroatoms. The Labute approximate surface area is 87.8 Å². The molecule has 0 amide bonds. The fourth-order valence-electron chi connectivity index (χ4n) is 0.0680. The first kappa shape index (κ1) is 22.4. The third kappa shape index (κ3) is 42.2. The first-order chi connectivity index (χ1) is 4.13. The summed E-state index contributed by atoms with van der Waals surface area (Å²) in [6.07, 6.45) is -4.25. The SMILES string of the molecule is C=C.O=C([O-])OC(=O)[O-].[Li+].[Li+]. The zero-order chi connectivity index (χ0) is 7.86. The van der Waals surface area contributed by atoms with Gasteiger partial charge in [0.2, 0.25) is 0 Å². The fraction of sp³-hybridized carbons (Fsp3) is 0. The summed E-state index contributed by atoms with van der Waals surface area (Å²) in [5.41, 5.74) is 0. The predicted octanol–water partition coefficient (Wildman–Crippen LogP) is -7.50. The van der Waals surface area contributed by atoms with Crippen LogP contribution in [0.2, 0.25) is 0 Å². The van der Waals surface area contributed by atoms with E-state index in [1.165, 1.54) is 0 Å². The summed E-state index contributed by atoms with van der Waals surface area (Å²) in [5, 5.41) is 18.1. The molecule has 0 spiro atoms. The van der Waals surface area contributed by atoms with Gasteiger partial charge in [-0.1, -0.05) is 0 Å². The zero-order valence-corrected chi connectivity index (χ0v) is 6.46. The van der Waals surface area contributed by atoms with Crippen molar-refractivity contribution in [2.24, 2.45) is 0 Å². The molecule has 0 atom stereocenters. The minimum Gasteiger partial charge on any atom is -0.483 e. The van der Waals surface area contributed by atoms with Gasteiger partial charge in [-0.25, -0.2) is 0 Å². The Bertz CT molecular complexity index is 103. The van der Waals surface area contributed by atoms with Gasteiger partial charge in [0.1, 0.15) is 0 Å². The average molecular weight is 146 g/mol. The van der Waals surface area contributed by atoms with Crippen molar-refractivity contribution in [3.05, 3.63) is 13.2 Å². The Morgan fingerprint density at radius 2 is 1.18 bits per heavy atom. The molecule has 0 aromatic rings. The molecule has 0 aliphatic carbocycles. The molecule has 0 rings (SSSR count). The van der Waals surface area contributed by atoms with Crippen LogP contribution in [0.5, 0.6) is 0 Å². The molecule has 0 aliphatic heterocycles. The van der Waals surface area contributed by atoms with Crippen LogP contribution < -0.4 is 47.9 Å². The Morgan fingerprint density at radius 3 is 1.18 bits per heavy atom. The largest absolute Gasteiger partial charge is 1.00 e. The smallest absolute Gasteiger partial charge is 0.483 e. The molecule has 0 heterocycles. The van der Waals surface area contributed by atoms with Gasteiger partial charge >= 0.3 is 37.7 Å². The first-order valence-corrected chi connectivity index (χ1v) is 1.72. The molecule has 0 aromatic heterocycles.